The van der Waals surface area contributed by atoms with E-state index in [0.717, 1.165) is 39.6 Å². The molecular weight excluding hydrogens is 739 g/mol. The van der Waals surface area contributed by atoms with Crippen molar-refractivity contribution in [3.63, 3.8) is 0 Å². The summed E-state index contributed by atoms with van der Waals surface area (Å²) < 4.78 is 0. The van der Waals surface area contributed by atoms with Crippen LogP contribution >= 0.6 is 0 Å². The smallest absolute Gasteiger partial charge is 0.162 e. The highest BCUT2D eigenvalue weighted by Crippen LogP contribution is 2.53. The van der Waals surface area contributed by atoms with Gasteiger partial charge in [0.05, 0.1) is 5.69 Å². The molecule has 0 spiro atoms. The molecule has 0 fully saturated rings. The lowest BCUT2D eigenvalue weighted by atomic mass is 9.82. The van der Waals surface area contributed by atoms with Gasteiger partial charge in [-0.1, -0.05) is 198 Å². The molecule has 3 heteroatoms. The summed E-state index contributed by atoms with van der Waals surface area (Å²) in [6.45, 7) is 9.35. The van der Waals surface area contributed by atoms with E-state index in [1.54, 1.807) is 0 Å². The minimum Gasteiger partial charge on any atom is -0.295 e. The first-order valence-electron chi connectivity index (χ1n) is 21.2. The van der Waals surface area contributed by atoms with Crippen molar-refractivity contribution in [2.75, 3.05) is 4.90 Å². The number of rotatable bonds is 7. The van der Waals surface area contributed by atoms with E-state index in [9.17, 15) is 0 Å². The summed E-state index contributed by atoms with van der Waals surface area (Å²) in [5, 5.41) is 0. The molecule has 0 saturated carbocycles. The van der Waals surface area contributed by atoms with Crippen molar-refractivity contribution < 1.29 is 0 Å². The van der Waals surface area contributed by atoms with Crippen LogP contribution in [0, 0.1) is 0 Å². The Labute approximate surface area is 358 Å². The molecule has 0 saturated heterocycles. The molecule has 11 rings (SSSR count). The van der Waals surface area contributed by atoms with Gasteiger partial charge in [0.15, 0.2) is 5.82 Å². The van der Waals surface area contributed by atoms with Crippen molar-refractivity contribution in [3.8, 4) is 67.2 Å². The lowest BCUT2D eigenvalue weighted by Gasteiger charge is -2.28. The monoisotopic (exact) mass is 783 g/mol. The van der Waals surface area contributed by atoms with E-state index in [0.29, 0.717) is 5.82 Å². The Kier molecular flexibility index (Phi) is 8.51. The van der Waals surface area contributed by atoms with Crippen molar-refractivity contribution in [2.24, 2.45) is 0 Å². The van der Waals surface area contributed by atoms with Crippen LogP contribution in [0.15, 0.2) is 200 Å². The molecule has 2 aliphatic carbocycles. The Morgan fingerprint density at radius 1 is 0.328 bits per heavy atom. The van der Waals surface area contributed by atoms with Crippen molar-refractivity contribution >= 4 is 17.2 Å². The number of hydrogen-bond donors (Lipinski definition) is 0. The lowest BCUT2D eigenvalue weighted by molar-refractivity contribution is 0.660. The van der Waals surface area contributed by atoms with Gasteiger partial charge in [0.25, 0.3) is 0 Å². The highest BCUT2D eigenvalue weighted by molar-refractivity contribution is 5.90. The Balaban J connectivity index is 1.13. The predicted molar refractivity (Wildman–Crippen MR) is 254 cm³/mol. The molecule has 1 aromatic heterocycles. The Bertz CT molecular complexity index is 2900. The fourth-order valence-corrected chi connectivity index (χ4v) is 9.84. The predicted octanol–water partition coefficient (Wildman–Crippen LogP) is 15.2. The quantitative estimate of drug-likeness (QED) is 0.161. The Morgan fingerprint density at radius 3 is 1.21 bits per heavy atom. The maximum Gasteiger partial charge on any atom is 0.162 e. The van der Waals surface area contributed by atoms with Gasteiger partial charge in [-0.15, -0.1) is 0 Å². The second kappa shape index (κ2) is 14.1. The van der Waals surface area contributed by atoms with Crippen LogP contribution in [-0.4, -0.2) is 9.97 Å². The van der Waals surface area contributed by atoms with Crippen molar-refractivity contribution in [2.45, 2.75) is 38.5 Å². The third-order valence-corrected chi connectivity index (χ3v) is 13.1. The van der Waals surface area contributed by atoms with E-state index in [2.05, 4.69) is 233 Å². The van der Waals surface area contributed by atoms with E-state index in [4.69, 9.17) is 9.97 Å². The molecule has 292 valence electrons. The second-order valence-corrected chi connectivity index (χ2v) is 17.5. The molecule has 0 unspecified atom stereocenters. The average Bonchev–Trinajstić information content (AvgIpc) is 3.68. The van der Waals surface area contributed by atoms with Gasteiger partial charge in [-0.2, -0.15) is 0 Å². The molecule has 61 heavy (non-hydrogen) atoms. The van der Waals surface area contributed by atoms with E-state index in [-0.39, 0.29) is 10.8 Å². The van der Waals surface area contributed by atoms with E-state index in [1.807, 2.05) is 0 Å². The summed E-state index contributed by atoms with van der Waals surface area (Å²) in [4.78, 5) is 13.2. The van der Waals surface area contributed by atoms with Crippen molar-refractivity contribution in [1.29, 1.82) is 0 Å². The number of hydrogen-bond acceptors (Lipinski definition) is 3. The highest BCUT2D eigenvalue weighted by atomic mass is 15.2. The second-order valence-electron chi connectivity index (χ2n) is 17.5. The number of fused-ring (bicyclic) bond motifs is 6. The van der Waals surface area contributed by atoms with Crippen LogP contribution in [-0.2, 0) is 10.8 Å². The zero-order valence-corrected chi connectivity index (χ0v) is 34.9. The molecule has 0 radical (unpaired) electrons. The summed E-state index contributed by atoms with van der Waals surface area (Å²) in [5.74, 6) is 1.47. The van der Waals surface area contributed by atoms with Gasteiger partial charge in [-0.05, 0) is 91.0 Å². The normalized spacial score (nSPS) is 13.8. The van der Waals surface area contributed by atoms with Gasteiger partial charge >= 0.3 is 0 Å². The third kappa shape index (κ3) is 6.11. The van der Waals surface area contributed by atoms with Crippen LogP contribution in [0.2, 0.25) is 0 Å². The SMILES string of the molecule is CC1(C)c2ccccc2-c2cc(N(c3ccc4c(c3)-c3ccccc3C4(C)C)c3cc(-c4ccc(-c5ccccc5)cc4)nc(-c4ccc(-c5ccccc5)cc4)n3)ccc21. The molecule has 8 aromatic carbocycles. The number of anilines is 3. The molecule has 9 aromatic rings. The molecule has 2 aliphatic rings. The largest absolute Gasteiger partial charge is 0.295 e. The highest BCUT2D eigenvalue weighted by Gasteiger charge is 2.37. The fourth-order valence-electron chi connectivity index (χ4n) is 9.84. The average molecular weight is 784 g/mol. The molecule has 0 bridgehead atoms. The number of benzene rings is 8. The van der Waals surface area contributed by atoms with Gasteiger partial charge < -0.3 is 0 Å². The van der Waals surface area contributed by atoms with E-state index >= 15 is 0 Å². The first kappa shape index (κ1) is 36.7. The molecule has 0 amide bonds. The van der Waals surface area contributed by atoms with Crippen LogP contribution in [0.5, 0.6) is 0 Å². The Hall–Kier alpha value is -7.36. The summed E-state index contributed by atoms with van der Waals surface area (Å²) >= 11 is 0. The Morgan fingerprint density at radius 2 is 0.721 bits per heavy atom. The molecule has 3 nitrogen and oxygen atoms in total. The van der Waals surface area contributed by atoms with E-state index < -0.39 is 0 Å². The molecule has 0 atom stereocenters. The van der Waals surface area contributed by atoms with Gasteiger partial charge in [0.2, 0.25) is 0 Å². The van der Waals surface area contributed by atoms with Gasteiger partial charge in [-0.25, -0.2) is 9.97 Å². The van der Waals surface area contributed by atoms with Gasteiger partial charge in [0.1, 0.15) is 5.82 Å². The van der Waals surface area contributed by atoms with Crippen LogP contribution in [0.4, 0.5) is 17.2 Å². The third-order valence-electron chi connectivity index (χ3n) is 13.1. The fraction of sp³-hybridized carbons (Fsp3) is 0.103. The molecule has 0 aliphatic heterocycles. The first-order valence-corrected chi connectivity index (χ1v) is 21.2. The lowest BCUT2D eigenvalue weighted by Crippen LogP contribution is -2.17. The standard InChI is InChI=1S/C58H45N3/c1-57(2)50-21-13-11-19-46(50)48-35-44(31-33-52(48)57)61(45-32-34-53-49(36-45)47-20-12-14-22-51(47)58(53,3)4)55-37-54(42-27-23-40(24-28-42)38-15-7-5-8-16-38)59-56(60-55)43-29-25-41(26-30-43)39-17-9-6-10-18-39/h5-37H,1-4H3. The van der Waals surface area contributed by atoms with Crippen molar-refractivity contribution in [1.82, 2.24) is 9.97 Å². The number of nitrogens with zero attached hydrogens (tertiary/aromatic N) is 3. The van der Waals surface area contributed by atoms with Gasteiger partial charge in [-0.3, -0.25) is 4.90 Å². The van der Waals surface area contributed by atoms with Crippen molar-refractivity contribution in [3.05, 3.63) is 222 Å². The maximum absolute atomic E-state index is 5.50. The summed E-state index contributed by atoms with van der Waals surface area (Å²) in [6, 6.07) is 72.3. The molecule has 0 N–H and O–H groups in total. The summed E-state index contributed by atoms with van der Waals surface area (Å²) in [5.41, 5.74) is 19.9. The first-order chi connectivity index (χ1) is 29.7. The minimum absolute atomic E-state index is 0.106. The van der Waals surface area contributed by atoms with Gasteiger partial charge in [0, 0.05) is 39.4 Å². The summed E-state index contributed by atoms with van der Waals surface area (Å²) in [6.07, 6.45) is 0. The van der Waals surface area contributed by atoms with Crippen LogP contribution in [0.1, 0.15) is 49.9 Å². The van der Waals surface area contributed by atoms with Crippen LogP contribution < -0.4 is 4.90 Å². The zero-order valence-electron chi connectivity index (χ0n) is 34.9. The number of aromatic nitrogens is 2. The maximum atomic E-state index is 5.50. The zero-order chi connectivity index (χ0) is 41.3. The molecule has 1 heterocycles. The summed E-state index contributed by atoms with van der Waals surface area (Å²) in [7, 11) is 0. The van der Waals surface area contributed by atoms with Crippen LogP contribution in [0.25, 0.3) is 67.2 Å². The minimum atomic E-state index is -0.106. The topological polar surface area (TPSA) is 29.0 Å². The molecular formula is C58H45N3. The van der Waals surface area contributed by atoms with Crippen LogP contribution in [0.3, 0.4) is 0 Å². The van der Waals surface area contributed by atoms with E-state index in [1.165, 1.54) is 61.2 Å².